The summed E-state index contributed by atoms with van der Waals surface area (Å²) in [6.07, 6.45) is 0. The molecule has 0 bridgehead atoms. The number of anilines is 3. The van der Waals surface area contributed by atoms with Crippen molar-refractivity contribution in [3.8, 4) is 0 Å². The largest absolute Gasteiger partial charge is 0.399 e. The highest BCUT2D eigenvalue weighted by atomic mass is 79.9. The van der Waals surface area contributed by atoms with Gasteiger partial charge in [-0.25, -0.2) is 4.98 Å². The van der Waals surface area contributed by atoms with Crippen molar-refractivity contribution in [3.05, 3.63) is 56.2 Å². The Kier molecular flexibility index (Phi) is 3.57. The van der Waals surface area contributed by atoms with Crippen LogP contribution in [0.25, 0.3) is 10.9 Å². The van der Waals surface area contributed by atoms with Crippen LogP contribution in [0.3, 0.4) is 0 Å². The molecule has 106 valence electrons. The van der Waals surface area contributed by atoms with Crippen molar-refractivity contribution in [2.75, 3.05) is 11.1 Å². The van der Waals surface area contributed by atoms with E-state index in [0.717, 1.165) is 10.2 Å². The number of nitrogen functional groups attached to an aromatic ring is 1. The number of aromatic amines is 1. The van der Waals surface area contributed by atoms with Crippen molar-refractivity contribution < 1.29 is 0 Å². The first-order chi connectivity index (χ1) is 10.0. The Hall–Kier alpha value is -2.05. The summed E-state index contributed by atoms with van der Waals surface area (Å²) in [7, 11) is 0. The molecular weight excluding hydrogens is 356 g/mol. The Morgan fingerprint density at radius 1 is 1.24 bits per heavy atom. The molecule has 0 spiro atoms. The van der Waals surface area contributed by atoms with Crippen molar-refractivity contribution in [3.63, 3.8) is 0 Å². The van der Waals surface area contributed by atoms with E-state index in [2.05, 4.69) is 31.2 Å². The Labute approximate surface area is 133 Å². The van der Waals surface area contributed by atoms with Gasteiger partial charge in [-0.15, -0.1) is 0 Å². The maximum Gasteiger partial charge on any atom is 0.260 e. The quantitative estimate of drug-likeness (QED) is 0.605. The molecule has 0 aliphatic heterocycles. The van der Waals surface area contributed by atoms with Gasteiger partial charge in [0, 0.05) is 15.2 Å². The molecule has 0 saturated heterocycles. The number of hydrogen-bond acceptors (Lipinski definition) is 4. The molecule has 3 rings (SSSR count). The number of halogens is 2. The highest BCUT2D eigenvalue weighted by Gasteiger charge is 2.06. The van der Waals surface area contributed by atoms with Crippen LogP contribution < -0.4 is 16.6 Å². The predicted molar refractivity (Wildman–Crippen MR) is 89.2 cm³/mol. The maximum atomic E-state index is 12.1. The molecule has 0 amide bonds. The molecule has 0 aliphatic rings. The molecular formula is C14H10BrClN4O. The molecule has 0 radical (unpaired) electrons. The van der Waals surface area contributed by atoms with Crippen LogP contribution in [-0.2, 0) is 0 Å². The molecule has 0 saturated carbocycles. The van der Waals surface area contributed by atoms with E-state index in [-0.39, 0.29) is 5.56 Å². The van der Waals surface area contributed by atoms with Gasteiger partial charge in [-0.05, 0) is 52.3 Å². The molecule has 0 atom stereocenters. The van der Waals surface area contributed by atoms with E-state index in [0.29, 0.717) is 27.6 Å². The van der Waals surface area contributed by atoms with Crippen LogP contribution in [0.1, 0.15) is 0 Å². The SMILES string of the molecule is Nc1ccc2nc(Nc3ccc(Cl)cc3Br)[nH]c(=O)c2c1. The van der Waals surface area contributed by atoms with Gasteiger partial charge < -0.3 is 11.1 Å². The van der Waals surface area contributed by atoms with E-state index in [1.165, 1.54) is 0 Å². The van der Waals surface area contributed by atoms with Crippen LogP contribution in [0.2, 0.25) is 5.02 Å². The van der Waals surface area contributed by atoms with Gasteiger partial charge in [-0.1, -0.05) is 11.6 Å². The second-order valence-corrected chi connectivity index (χ2v) is 5.73. The van der Waals surface area contributed by atoms with Gasteiger partial charge in [-0.3, -0.25) is 9.78 Å². The molecule has 3 aromatic rings. The molecule has 5 nitrogen and oxygen atoms in total. The number of aromatic nitrogens is 2. The molecule has 0 fully saturated rings. The lowest BCUT2D eigenvalue weighted by molar-refractivity contribution is 1.17. The minimum atomic E-state index is -0.250. The zero-order valence-corrected chi connectivity index (χ0v) is 13.0. The van der Waals surface area contributed by atoms with Crippen molar-refractivity contribution in [1.29, 1.82) is 0 Å². The number of hydrogen-bond donors (Lipinski definition) is 3. The summed E-state index contributed by atoms with van der Waals surface area (Å²) >= 11 is 9.29. The molecule has 1 heterocycles. The Balaban J connectivity index is 2.05. The lowest BCUT2D eigenvalue weighted by Crippen LogP contribution is -2.11. The molecule has 0 aliphatic carbocycles. The van der Waals surface area contributed by atoms with Gasteiger partial charge in [0.2, 0.25) is 5.95 Å². The highest BCUT2D eigenvalue weighted by Crippen LogP contribution is 2.27. The van der Waals surface area contributed by atoms with E-state index in [1.807, 2.05) is 0 Å². The fourth-order valence-electron chi connectivity index (χ4n) is 1.93. The summed E-state index contributed by atoms with van der Waals surface area (Å²) in [5.41, 5.74) is 7.26. The lowest BCUT2D eigenvalue weighted by atomic mass is 10.2. The van der Waals surface area contributed by atoms with Gasteiger partial charge in [-0.2, -0.15) is 0 Å². The van der Waals surface area contributed by atoms with Crippen LogP contribution in [-0.4, -0.2) is 9.97 Å². The smallest absolute Gasteiger partial charge is 0.260 e. The summed E-state index contributed by atoms with van der Waals surface area (Å²) in [5, 5.41) is 4.11. The standard InChI is InChI=1S/C14H10BrClN4O/c15-10-5-7(16)1-3-12(10)19-14-18-11-4-2-8(17)6-9(11)13(21)20-14/h1-6H,17H2,(H2,18,19,20,21). The lowest BCUT2D eigenvalue weighted by Gasteiger charge is -2.08. The average molecular weight is 366 g/mol. The fourth-order valence-corrected chi connectivity index (χ4v) is 2.72. The van der Waals surface area contributed by atoms with Crippen LogP contribution in [0.5, 0.6) is 0 Å². The van der Waals surface area contributed by atoms with Gasteiger partial charge in [0.25, 0.3) is 5.56 Å². The Bertz CT molecular complexity index is 894. The zero-order chi connectivity index (χ0) is 15.0. The van der Waals surface area contributed by atoms with Crippen molar-refractivity contribution in [1.82, 2.24) is 9.97 Å². The molecule has 21 heavy (non-hydrogen) atoms. The number of rotatable bonds is 2. The summed E-state index contributed by atoms with van der Waals surface area (Å²) in [6.45, 7) is 0. The van der Waals surface area contributed by atoms with Crippen LogP contribution in [0, 0.1) is 0 Å². The van der Waals surface area contributed by atoms with Gasteiger partial charge >= 0.3 is 0 Å². The van der Waals surface area contributed by atoms with E-state index in [1.54, 1.807) is 36.4 Å². The van der Waals surface area contributed by atoms with Gasteiger partial charge in [0.05, 0.1) is 16.6 Å². The fraction of sp³-hybridized carbons (Fsp3) is 0. The minimum Gasteiger partial charge on any atom is -0.399 e. The summed E-state index contributed by atoms with van der Waals surface area (Å²) in [6, 6.07) is 10.3. The second-order valence-electron chi connectivity index (χ2n) is 4.44. The molecule has 7 heteroatoms. The maximum absolute atomic E-state index is 12.1. The number of benzene rings is 2. The van der Waals surface area contributed by atoms with Crippen LogP contribution in [0.15, 0.2) is 45.7 Å². The predicted octanol–water partition coefficient (Wildman–Crippen LogP) is 3.66. The van der Waals surface area contributed by atoms with Crippen molar-refractivity contribution in [2.24, 2.45) is 0 Å². The zero-order valence-electron chi connectivity index (χ0n) is 10.7. The Morgan fingerprint density at radius 2 is 2.05 bits per heavy atom. The summed E-state index contributed by atoms with van der Waals surface area (Å²) in [5.74, 6) is 0.347. The van der Waals surface area contributed by atoms with Crippen molar-refractivity contribution >= 4 is 55.8 Å². The number of nitrogens with zero attached hydrogens (tertiary/aromatic N) is 1. The number of fused-ring (bicyclic) bond motifs is 1. The third kappa shape index (κ3) is 2.86. The number of nitrogens with one attached hydrogen (secondary N) is 2. The van der Waals surface area contributed by atoms with Crippen LogP contribution in [0.4, 0.5) is 17.3 Å². The van der Waals surface area contributed by atoms with Gasteiger partial charge in [0.15, 0.2) is 0 Å². The van der Waals surface area contributed by atoms with Gasteiger partial charge in [0.1, 0.15) is 0 Å². The Morgan fingerprint density at radius 3 is 2.81 bits per heavy atom. The third-order valence-electron chi connectivity index (χ3n) is 2.91. The van der Waals surface area contributed by atoms with Crippen LogP contribution >= 0.6 is 27.5 Å². The van der Waals surface area contributed by atoms with E-state index < -0.39 is 0 Å². The first kappa shape index (κ1) is 13.9. The van der Waals surface area contributed by atoms with Crippen molar-refractivity contribution in [2.45, 2.75) is 0 Å². The first-order valence-corrected chi connectivity index (χ1v) is 7.22. The van der Waals surface area contributed by atoms with E-state index >= 15 is 0 Å². The average Bonchev–Trinajstić information content (AvgIpc) is 2.43. The van der Waals surface area contributed by atoms with E-state index in [9.17, 15) is 4.79 Å². The summed E-state index contributed by atoms with van der Waals surface area (Å²) < 4.78 is 0.773. The molecule has 2 aromatic carbocycles. The number of nitrogens with two attached hydrogens (primary N) is 1. The minimum absolute atomic E-state index is 0.250. The first-order valence-electron chi connectivity index (χ1n) is 6.04. The monoisotopic (exact) mass is 364 g/mol. The third-order valence-corrected chi connectivity index (χ3v) is 3.80. The van der Waals surface area contributed by atoms with E-state index in [4.69, 9.17) is 17.3 Å². The molecule has 0 unspecified atom stereocenters. The molecule has 1 aromatic heterocycles. The second kappa shape index (κ2) is 5.38. The highest BCUT2D eigenvalue weighted by molar-refractivity contribution is 9.10. The normalized spacial score (nSPS) is 10.8. The molecule has 4 N–H and O–H groups in total. The number of H-pyrrole nitrogens is 1. The topological polar surface area (TPSA) is 83.8 Å². The summed E-state index contributed by atoms with van der Waals surface area (Å²) in [4.78, 5) is 19.1.